The molecule has 3 nitrogen and oxygen atoms in total. The lowest BCUT2D eigenvalue weighted by Crippen LogP contribution is -2.31. The Morgan fingerprint density at radius 3 is 2.91 bits per heavy atom. The summed E-state index contributed by atoms with van der Waals surface area (Å²) in [5.41, 5.74) is -2.39. The minimum atomic E-state index is -4.38. The molecule has 0 N–H and O–H groups in total. The monoisotopic (exact) mass is 328 g/mol. The van der Waals surface area contributed by atoms with Crippen LogP contribution in [0.1, 0.15) is 26.5 Å². The van der Waals surface area contributed by atoms with Gasteiger partial charge in [-0.05, 0) is 37.5 Å². The summed E-state index contributed by atoms with van der Waals surface area (Å²) in [7, 11) is 0. The molecule has 1 aromatic rings. The van der Waals surface area contributed by atoms with Crippen molar-refractivity contribution in [3.05, 3.63) is 34.5 Å². The lowest BCUT2D eigenvalue weighted by Gasteiger charge is -2.17. The van der Waals surface area contributed by atoms with Crippen LogP contribution >= 0.6 is 11.8 Å². The van der Waals surface area contributed by atoms with Gasteiger partial charge in [0.25, 0.3) is 0 Å². The number of alkyl halides is 3. The molecule has 0 saturated carbocycles. The lowest BCUT2D eigenvalue weighted by molar-refractivity contribution is -0.0339. The van der Waals surface area contributed by atoms with Crippen molar-refractivity contribution in [3.63, 3.8) is 0 Å². The van der Waals surface area contributed by atoms with Crippen LogP contribution < -0.4 is 10.7 Å². The van der Waals surface area contributed by atoms with Crippen LogP contribution in [-0.4, -0.2) is 21.7 Å². The molecule has 0 amide bonds. The Labute approximate surface area is 129 Å². The molecule has 7 heteroatoms. The Bertz CT molecular complexity index is 774. The molecular formula is C15H15F3N2OS. The van der Waals surface area contributed by atoms with Gasteiger partial charge in [0, 0.05) is 18.4 Å². The van der Waals surface area contributed by atoms with Gasteiger partial charge in [-0.1, -0.05) is 18.2 Å². The Morgan fingerprint density at radius 1 is 1.45 bits per heavy atom. The average Bonchev–Trinajstić information content (AvgIpc) is 2.92. The van der Waals surface area contributed by atoms with Crippen molar-refractivity contribution in [1.29, 1.82) is 0 Å². The number of fused-ring (bicyclic) bond motifs is 2. The highest BCUT2D eigenvalue weighted by atomic mass is 32.2. The van der Waals surface area contributed by atoms with Crippen LogP contribution in [-0.2, 0) is 4.74 Å². The highest BCUT2D eigenvalue weighted by Crippen LogP contribution is 2.36. The molecule has 0 fully saturated rings. The van der Waals surface area contributed by atoms with E-state index in [1.807, 2.05) is 31.2 Å². The summed E-state index contributed by atoms with van der Waals surface area (Å²) >= 11 is -0.194. The van der Waals surface area contributed by atoms with Gasteiger partial charge in [0.15, 0.2) is 5.16 Å². The maximum Gasteiger partial charge on any atom is 0.449 e. The van der Waals surface area contributed by atoms with Crippen molar-refractivity contribution in [3.8, 4) is 0 Å². The predicted octanol–water partition coefficient (Wildman–Crippen LogP) is 2.88. The number of rotatable bonds is 4. The molecule has 0 aromatic carbocycles. The van der Waals surface area contributed by atoms with Crippen molar-refractivity contribution in [1.82, 2.24) is 9.55 Å². The number of thioether (sulfide) groups is 1. The molecule has 0 aliphatic heterocycles. The van der Waals surface area contributed by atoms with Crippen LogP contribution in [0, 0.1) is 0 Å². The van der Waals surface area contributed by atoms with Gasteiger partial charge >= 0.3 is 5.51 Å². The summed E-state index contributed by atoms with van der Waals surface area (Å²) in [5.74, 6) is 0. The number of imidazole rings is 1. The van der Waals surface area contributed by atoms with Gasteiger partial charge in [0.2, 0.25) is 0 Å². The largest absolute Gasteiger partial charge is 0.449 e. The molecule has 0 bridgehead atoms. The second-order valence-electron chi connectivity index (χ2n) is 4.98. The van der Waals surface area contributed by atoms with Crippen molar-refractivity contribution < 1.29 is 17.9 Å². The average molecular weight is 328 g/mol. The van der Waals surface area contributed by atoms with E-state index in [2.05, 4.69) is 4.98 Å². The summed E-state index contributed by atoms with van der Waals surface area (Å²) in [5, 5.41) is 1.25. The molecule has 0 radical (unpaired) electrons. The standard InChI is InChI=1S/C15H15F3N2OS/c1-3-21-9(2)20-12-8-10-6-4-5-7-11(10)13(12)19-14(20)22-15(16,17)18/h4-6,8-9H,3,7H2,1-2H3. The van der Waals surface area contributed by atoms with Crippen LogP contribution in [0.3, 0.4) is 0 Å². The van der Waals surface area contributed by atoms with E-state index in [1.165, 1.54) is 4.57 Å². The molecule has 0 spiro atoms. The van der Waals surface area contributed by atoms with Crippen molar-refractivity contribution >= 4 is 23.4 Å². The Morgan fingerprint density at radius 2 is 2.23 bits per heavy atom. The van der Waals surface area contributed by atoms with Crippen LogP contribution in [0.5, 0.6) is 0 Å². The maximum absolute atomic E-state index is 12.8. The molecule has 1 aromatic heterocycles. The van der Waals surface area contributed by atoms with Crippen LogP contribution in [0.15, 0.2) is 29.0 Å². The zero-order valence-electron chi connectivity index (χ0n) is 12.1. The van der Waals surface area contributed by atoms with Gasteiger partial charge in [0.05, 0.1) is 10.7 Å². The van der Waals surface area contributed by atoms with Gasteiger partial charge in [-0.25, -0.2) is 4.98 Å². The minimum Gasteiger partial charge on any atom is -0.359 e. The van der Waals surface area contributed by atoms with Gasteiger partial charge in [0.1, 0.15) is 6.23 Å². The van der Waals surface area contributed by atoms with Crippen LogP contribution in [0.2, 0.25) is 0 Å². The molecular weight excluding hydrogens is 313 g/mol. The van der Waals surface area contributed by atoms with E-state index in [0.29, 0.717) is 23.7 Å². The third-order valence-corrected chi connectivity index (χ3v) is 4.26. The van der Waals surface area contributed by atoms with Gasteiger partial charge in [-0.15, -0.1) is 0 Å². The summed E-state index contributed by atoms with van der Waals surface area (Å²) in [4.78, 5) is 4.25. The minimum absolute atomic E-state index is 0.0733. The molecule has 2 aliphatic rings. The highest BCUT2D eigenvalue weighted by Gasteiger charge is 2.34. The normalized spacial score (nSPS) is 17.9. The number of nitrogens with zero attached hydrogens (tertiary/aromatic N) is 2. The Hall–Kier alpha value is -1.47. The van der Waals surface area contributed by atoms with Gasteiger partial charge in [-0.2, -0.15) is 13.2 Å². The maximum atomic E-state index is 12.8. The fraction of sp³-hybridized carbons (Fsp3) is 0.400. The SMILES string of the molecule is CCOC(C)n1c(SC(F)(F)F)nc2c1=CC1=CC=CCC=21. The molecule has 2 aliphatic carbocycles. The summed E-state index contributed by atoms with van der Waals surface area (Å²) < 4.78 is 45.4. The molecule has 1 atom stereocenters. The molecule has 0 saturated heterocycles. The van der Waals surface area contributed by atoms with Gasteiger partial charge < -0.3 is 4.74 Å². The molecule has 22 heavy (non-hydrogen) atoms. The van der Waals surface area contributed by atoms with E-state index in [9.17, 15) is 13.2 Å². The number of aromatic nitrogens is 2. The van der Waals surface area contributed by atoms with E-state index in [1.54, 1.807) is 6.92 Å². The number of hydrogen-bond acceptors (Lipinski definition) is 3. The smallest absolute Gasteiger partial charge is 0.359 e. The number of halogens is 3. The van der Waals surface area contributed by atoms with E-state index in [0.717, 1.165) is 11.1 Å². The second kappa shape index (κ2) is 5.62. The summed E-state index contributed by atoms with van der Waals surface area (Å²) in [6, 6.07) is 0. The highest BCUT2D eigenvalue weighted by molar-refractivity contribution is 8.00. The second-order valence-corrected chi connectivity index (χ2v) is 6.01. The van der Waals surface area contributed by atoms with Crippen molar-refractivity contribution in [2.45, 2.75) is 37.2 Å². The molecule has 118 valence electrons. The lowest BCUT2D eigenvalue weighted by atomic mass is 10.0. The first kappa shape index (κ1) is 15.4. The number of ether oxygens (including phenoxy) is 1. The molecule has 3 rings (SSSR count). The fourth-order valence-corrected chi connectivity index (χ4v) is 3.41. The third kappa shape index (κ3) is 2.75. The summed E-state index contributed by atoms with van der Waals surface area (Å²) in [6.45, 7) is 3.97. The van der Waals surface area contributed by atoms with E-state index >= 15 is 0 Å². The number of allylic oxidation sites excluding steroid dienone is 4. The Balaban J connectivity index is 2.17. The zero-order valence-corrected chi connectivity index (χ0v) is 13.0. The van der Waals surface area contributed by atoms with Crippen LogP contribution in [0.25, 0.3) is 11.6 Å². The summed E-state index contributed by atoms with van der Waals surface area (Å²) in [6.07, 6.45) is 7.94. The van der Waals surface area contributed by atoms with E-state index in [-0.39, 0.29) is 16.9 Å². The van der Waals surface area contributed by atoms with Gasteiger partial charge in [-0.3, -0.25) is 4.57 Å². The van der Waals surface area contributed by atoms with E-state index in [4.69, 9.17) is 4.74 Å². The first-order chi connectivity index (χ1) is 10.4. The number of hydrogen-bond donors (Lipinski definition) is 0. The first-order valence-corrected chi connectivity index (χ1v) is 7.80. The zero-order chi connectivity index (χ0) is 15.9. The molecule has 1 unspecified atom stereocenters. The Kier molecular flexibility index (Phi) is 3.94. The quantitative estimate of drug-likeness (QED) is 0.795. The topological polar surface area (TPSA) is 27.1 Å². The van der Waals surface area contributed by atoms with Crippen molar-refractivity contribution in [2.75, 3.05) is 6.61 Å². The first-order valence-electron chi connectivity index (χ1n) is 6.98. The van der Waals surface area contributed by atoms with Crippen LogP contribution in [0.4, 0.5) is 13.2 Å². The van der Waals surface area contributed by atoms with Crippen molar-refractivity contribution in [2.24, 2.45) is 0 Å². The third-order valence-electron chi connectivity index (χ3n) is 3.55. The molecule has 1 heterocycles. The fourth-order valence-electron chi connectivity index (χ4n) is 2.72. The van der Waals surface area contributed by atoms with E-state index < -0.39 is 11.7 Å². The predicted molar refractivity (Wildman–Crippen MR) is 79.4 cm³/mol.